The molecule has 0 unspecified atom stereocenters. The zero-order valence-corrected chi connectivity index (χ0v) is 11.0. The largest absolute Gasteiger partial charge is 0.201 e. The lowest BCUT2D eigenvalue weighted by Crippen LogP contribution is -2.76. The van der Waals surface area contributed by atoms with Gasteiger partial charge in [-0.2, -0.15) is 0 Å². The Bertz CT molecular complexity index is 359. The van der Waals surface area contributed by atoms with E-state index >= 15 is 0 Å². The van der Waals surface area contributed by atoms with Crippen molar-refractivity contribution < 1.29 is 35.9 Å². The lowest BCUT2D eigenvalue weighted by molar-refractivity contribution is -0.469. The van der Waals surface area contributed by atoms with Crippen molar-refractivity contribution in [3.05, 3.63) is 0 Å². The van der Waals surface area contributed by atoms with Gasteiger partial charge in [-0.05, 0) is 25.7 Å². The van der Waals surface area contributed by atoms with Crippen LogP contribution >= 0.6 is 0 Å². The minimum absolute atomic E-state index is 0.545. The minimum atomic E-state index is -2.88. The first-order valence-corrected chi connectivity index (χ1v) is 6.67. The monoisotopic (exact) mass is 340 g/mol. The Hall–Kier alpha value is -0.720. The molecule has 4 nitrogen and oxygen atoms in total. The van der Waals surface area contributed by atoms with Gasteiger partial charge in [0.05, 0.1) is 0 Å². The third-order valence-electron chi connectivity index (χ3n) is 5.76. The predicted molar refractivity (Wildman–Crippen MR) is 54.1 cm³/mol. The molecule has 4 fully saturated rings. The smallest absolute Gasteiger partial charge is 0.0993 e. The normalized spacial score (nSPS) is 38.7. The predicted octanol–water partition coefficient (Wildman–Crippen LogP) is 3.73. The van der Waals surface area contributed by atoms with E-state index in [1.165, 1.54) is 0 Å². The maximum absolute atomic E-state index is 13.2. The van der Waals surface area contributed by atoms with E-state index in [1.807, 2.05) is 0 Å². The van der Waals surface area contributed by atoms with Gasteiger partial charge in [-0.1, -0.05) is 35.9 Å². The summed E-state index contributed by atoms with van der Waals surface area (Å²) in [6.45, 7) is 0. The standard InChI is InChI=1S/C10H12F8N4/c11-19(12)9(20(13)14)5-1-6-3-8(9)4-7(2-5)10(6,21(15)16)22(17)18/h5-8H,1-4H2. The van der Waals surface area contributed by atoms with Crippen LogP contribution in [-0.4, -0.2) is 32.7 Å². The first-order valence-electron chi connectivity index (χ1n) is 6.67. The van der Waals surface area contributed by atoms with Crippen molar-refractivity contribution in [1.82, 2.24) is 21.4 Å². The molecule has 0 atom stereocenters. The van der Waals surface area contributed by atoms with Crippen molar-refractivity contribution in [1.29, 1.82) is 0 Å². The van der Waals surface area contributed by atoms with E-state index < -0.39 is 82.1 Å². The first-order chi connectivity index (χ1) is 10.2. The van der Waals surface area contributed by atoms with Gasteiger partial charge in [-0.15, -0.1) is 0 Å². The van der Waals surface area contributed by atoms with Gasteiger partial charge in [0.1, 0.15) is 0 Å². The second-order valence-electron chi connectivity index (χ2n) is 6.23. The van der Waals surface area contributed by atoms with E-state index in [0.717, 1.165) is 0 Å². The van der Waals surface area contributed by atoms with E-state index in [1.54, 1.807) is 0 Å². The third kappa shape index (κ3) is 1.61. The summed E-state index contributed by atoms with van der Waals surface area (Å²) < 4.78 is 106. The molecule has 0 aliphatic heterocycles. The van der Waals surface area contributed by atoms with Crippen molar-refractivity contribution in [3.63, 3.8) is 0 Å². The van der Waals surface area contributed by atoms with E-state index in [2.05, 4.69) is 0 Å². The van der Waals surface area contributed by atoms with Gasteiger partial charge in [-0.25, -0.2) is 0 Å². The Kier molecular flexibility index (Phi) is 3.59. The molecule has 0 heterocycles. The van der Waals surface area contributed by atoms with Crippen molar-refractivity contribution in [2.24, 2.45) is 23.7 Å². The second kappa shape index (κ2) is 4.89. The molecule has 0 saturated heterocycles. The Morgan fingerprint density at radius 1 is 0.455 bits per heavy atom. The van der Waals surface area contributed by atoms with Crippen LogP contribution < -0.4 is 0 Å². The van der Waals surface area contributed by atoms with Gasteiger partial charge >= 0.3 is 0 Å². The number of hydrogen-bond acceptors (Lipinski definition) is 4. The lowest BCUT2D eigenvalue weighted by Gasteiger charge is -2.64. The summed E-state index contributed by atoms with van der Waals surface area (Å²) in [7, 11) is 0. The highest BCUT2D eigenvalue weighted by molar-refractivity contribution is 5.15. The molecular formula is C10H12F8N4. The van der Waals surface area contributed by atoms with Crippen LogP contribution in [-0.2, 0) is 0 Å². The first kappa shape index (κ1) is 16.1. The molecule has 12 heteroatoms. The van der Waals surface area contributed by atoms with Gasteiger partial charge in [0.2, 0.25) is 11.3 Å². The fourth-order valence-corrected chi connectivity index (χ4v) is 5.03. The summed E-state index contributed by atoms with van der Waals surface area (Å²) in [5.74, 6) is -5.41. The van der Waals surface area contributed by atoms with Crippen LogP contribution in [0.25, 0.3) is 0 Å². The summed E-state index contributed by atoms with van der Waals surface area (Å²) in [4.78, 5) is 0. The molecule has 0 amide bonds. The Balaban J connectivity index is 2.02. The van der Waals surface area contributed by atoms with Crippen LogP contribution in [0.4, 0.5) is 35.9 Å². The zero-order valence-electron chi connectivity index (χ0n) is 11.0. The van der Waals surface area contributed by atoms with Crippen molar-refractivity contribution in [2.75, 3.05) is 0 Å². The van der Waals surface area contributed by atoms with Crippen LogP contribution in [0.5, 0.6) is 0 Å². The molecular weight excluding hydrogens is 328 g/mol. The molecule has 128 valence electrons. The molecule has 0 radical (unpaired) electrons. The molecule has 4 rings (SSSR count). The Labute approximate surface area is 119 Å². The van der Waals surface area contributed by atoms with Crippen molar-refractivity contribution >= 4 is 0 Å². The van der Waals surface area contributed by atoms with Gasteiger partial charge in [0.25, 0.3) is 0 Å². The Morgan fingerprint density at radius 3 is 0.773 bits per heavy atom. The van der Waals surface area contributed by atoms with E-state index in [4.69, 9.17) is 0 Å². The molecule has 0 N–H and O–H groups in total. The quantitative estimate of drug-likeness (QED) is 0.439. The fraction of sp³-hybridized carbons (Fsp3) is 1.00. The molecule has 4 bridgehead atoms. The molecule has 0 aromatic heterocycles. The van der Waals surface area contributed by atoms with E-state index in [9.17, 15) is 35.9 Å². The highest BCUT2D eigenvalue weighted by Gasteiger charge is 2.76. The number of rotatable bonds is 4. The van der Waals surface area contributed by atoms with Crippen LogP contribution in [0.2, 0.25) is 0 Å². The fourth-order valence-electron chi connectivity index (χ4n) is 5.03. The highest BCUT2D eigenvalue weighted by Crippen LogP contribution is 2.67. The Morgan fingerprint density at radius 2 is 0.636 bits per heavy atom. The molecule has 0 aromatic carbocycles. The molecule has 0 spiro atoms. The average Bonchev–Trinajstić information content (AvgIpc) is 2.36. The van der Waals surface area contributed by atoms with Gasteiger partial charge in [0.15, 0.2) is 0 Å². The summed E-state index contributed by atoms with van der Waals surface area (Å²) in [5, 5.41) is -6.36. The minimum Gasteiger partial charge on any atom is -0.0993 e. The summed E-state index contributed by atoms with van der Waals surface area (Å²) in [6, 6.07) is 0. The highest BCUT2D eigenvalue weighted by atomic mass is 19.4. The summed E-state index contributed by atoms with van der Waals surface area (Å²) >= 11 is 0. The van der Waals surface area contributed by atoms with Crippen LogP contribution in [0.15, 0.2) is 0 Å². The number of hydrogen-bond donors (Lipinski definition) is 0. The van der Waals surface area contributed by atoms with Gasteiger partial charge in [-0.3, -0.25) is 0 Å². The maximum Gasteiger partial charge on any atom is 0.201 e. The van der Waals surface area contributed by atoms with E-state index in [0.29, 0.717) is 0 Å². The van der Waals surface area contributed by atoms with E-state index in [-0.39, 0.29) is 0 Å². The molecule has 4 aliphatic rings. The molecule has 22 heavy (non-hydrogen) atoms. The summed E-state index contributed by atoms with van der Waals surface area (Å²) in [6.07, 6.45) is -2.18. The SMILES string of the molecule is FN(F)C1(N(F)F)C2CC3CC1CC(C2)C3(N(F)F)N(F)F. The lowest BCUT2D eigenvalue weighted by atomic mass is 9.47. The van der Waals surface area contributed by atoms with Crippen LogP contribution in [0.1, 0.15) is 25.7 Å². The van der Waals surface area contributed by atoms with Crippen LogP contribution in [0, 0.1) is 23.7 Å². The number of nitrogens with zero attached hydrogens (tertiary/aromatic N) is 4. The molecule has 0 aromatic rings. The number of halogens is 8. The van der Waals surface area contributed by atoms with Gasteiger partial charge < -0.3 is 0 Å². The molecule has 4 aliphatic carbocycles. The topological polar surface area (TPSA) is 13.0 Å². The summed E-state index contributed by atoms with van der Waals surface area (Å²) in [5.41, 5.74) is -5.76. The molecule has 4 saturated carbocycles. The van der Waals surface area contributed by atoms with Crippen molar-refractivity contribution in [2.45, 2.75) is 37.0 Å². The average molecular weight is 340 g/mol. The van der Waals surface area contributed by atoms with Crippen molar-refractivity contribution in [3.8, 4) is 0 Å². The maximum atomic E-state index is 13.2. The zero-order chi connectivity index (χ0) is 16.4. The third-order valence-corrected chi connectivity index (χ3v) is 5.76. The second-order valence-corrected chi connectivity index (χ2v) is 6.23. The van der Waals surface area contributed by atoms with Gasteiger partial charge in [0, 0.05) is 45.0 Å². The van der Waals surface area contributed by atoms with Crippen LogP contribution in [0.3, 0.4) is 0 Å².